The fraction of sp³-hybridized carbons (Fsp3) is 0.583. The maximum atomic E-state index is 12.1. The quantitative estimate of drug-likeness (QED) is 0.721. The van der Waals surface area contributed by atoms with Crippen LogP contribution < -0.4 is 0 Å². The van der Waals surface area contributed by atoms with Crippen LogP contribution in [0.3, 0.4) is 0 Å². The zero-order valence-corrected chi connectivity index (χ0v) is 9.81. The summed E-state index contributed by atoms with van der Waals surface area (Å²) >= 11 is 0. The molecule has 0 radical (unpaired) electrons. The Bertz CT molecular complexity index is 384. The number of nitrogens with zero attached hydrogens (tertiary/aromatic N) is 3. The molecule has 1 aromatic heterocycles. The van der Waals surface area contributed by atoms with Gasteiger partial charge in [-0.2, -0.15) is 0 Å². The maximum Gasteiger partial charge on any atom is 0.272 e. The minimum absolute atomic E-state index is 0.0393. The summed E-state index contributed by atoms with van der Waals surface area (Å²) in [5.41, 5.74) is 1.35. The molecule has 0 aromatic carbocycles. The molecule has 0 bridgehead atoms. The summed E-state index contributed by atoms with van der Waals surface area (Å²) in [5, 5.41) is 0. The van der Waals surface area contributed by atoms with Crippen molar-refractivity contribution in [1.82, 2.24) is 14.9 Å². The van der Waals surface area contributed by atoms with Crippen LogP contribution in [0.4, 0.5) is 0 Å². The largest absolute Gasteiger partial charge is 0.337 e. The van der Waals surface area contributed by atoms with Gasteiger partial charge in [0.05, 0.1) is 0 Å². The molecule has 86 valence electrons. The van der Waals surface area contributed by atoms with Crippen LogP contribution in [0.25, 0.3) is 0 Å². The summed E-state index contributed by atoms with van der Waals surface area (Å²) < 4.78 is 0. The number of hydrogen-bond donors (Lipinski definition) is 0. The molecule has 16 heavy (non-hydrogen) atoms. The molecule has 0 unspecified atom stereocenters. The molecule has 1 aliphatic heterocycles. The van der Waals surface area contributed by atoms with E-state index in [0.29, 0.717) is 5.69 Å². The highest BCUT2D eigenvalue weighted by atomic mass is 16.2. The molecule has 4 heteroatoms. The third-order valence-corrected chi connectivity index (χ3v) is 3.09. The summed E-state index contributed by atoms with van der Waals surface area (Å²) in [7, 11) is 0. The third kappa shape index (κ3) is 2.38. The van der Waals surface area contributed by atoms with Gasteiger partial charge in [-0.25, -0.2) is 9.97 Å². The number of carbonyl (C=O) groups is 1. The predicted octanol–water partition coefficient (Wildman–Crippen LogP) is 1.66. The van der Waals surface area contributed by atoms with Crippen molar-refractivity contribution in [2.45, 2.75) is 26.7 Å². The average molecular weight is 219 g/mol. The van der Waals surface area contributed by atoms with Gasteiger partial charge in [-0.1, -0.05) is 6.92 Å². The van der Waals surface area contributed by atoms with Gasteiger partial charge < -0.3 is 4.90 Å². The molecule has 1 aromatic rings. The van der Waals surface area contributed by atoms with Crippen molar-refractivity contribution < 1.29 is 4.79 Å². The van der Waals surface area contributed by atoms with Crippen molar-refractivity contribution in [2.24, 2.45) is 5.92 Å². The summed E-state index contributed by atoms with van der Waals surface area (Å²) in [4.78, 5) is 22.0. The van der Waals surface area contributed by atoms with Gasteiger partial charge in [0, 0.05) is 18.8 Å². The highest BCUT2D eigenvalue weighted by molar-refractivity contribution is 5.92. The minimum Gasteiger partial charge on any atom is -0.337 e. The molecule has 4 nitrogen and oxygen atoms in total. The van der Waals surface area contributed by atoms with Gasteiger partial charge >= 0.3 is 0 Å². The van der Waals surface area contributed by atoms with E-state index in [9.17, 15) is 4.79 Å². The summed E-state index contributed by atoms with van der Waals surface area (Å²) in [6.45, 7) is 5.81. The summed E-state index contributed by atoms with van der Waals surface area (Å²) in [6.07, 6.45) is 3.64. The second kappa shape index (κ2) is 4.60. The molecule has 1 aliphatic rings. The van der Waals surface area contributed by atoms with Gasteiger partial charge in [0.2, 0.25) is 0 Å². The fourth-order valence-electron chi connectivity index (χ4n) is 1.95. The van der Waals surface area contributed by atoms with Crippen molar-refractivity contribution >= 4 is 5.91 Å². The first kappa shape index (κ1) is 11.0. The molecule has 2 rings (SSSR count). The number of hydrogen-bond acceptors (Lipinski definition) is 3. The Kier molecular flexibility index (Phi) is 3.17. The number of carbonyl (C=O) groups excluding carboxylic acids is 1. The molecular weight excluding hydrogens is 202 g/mol. The Balaban J connectivity index is 2.08. The molecule has 2 heterocycles. The molecule has 0 spiro atoms. The lowest BCUT2D eigenvalue weighted by Gasteiger charge is -2.29. The molecule has 1 amide bonds. The SMILES string of the molecule is Cc1cc(C(=O)N2CCC(C)CC2)ncn1. The predicted molar refractivity (Wildman–Crippen MR) is 61.1 cm³/mol. The van der Waals surface area contributed by atoms with Crippen LogP contribution in [0.2, 0.25) is 0 Å². The lowest BCUT2D eigenvalue weighted by atomic mass is 9.99. The minimum atomic E-state index is 0.0393. The number of amides is 1. The Hall–Kier alpha value is -1.45. The van der Waals surface area contributed by atoms with E-state index in [4.69, 9.17) is 0 Å². The number of aromatic nitrogens is 2. The molecule has 0 aliphatic carbocycles. The molecule has 1 fully saturated rings. The second-order valence-electron chi connectivity index (χ2n) is 4.52. The third-order valence-electron chi connectivity index (χ3n) is 3.09. The average Bonchev–Trinajstić information content (AvgIpc) is 2.29. The van der Waals surface area contributed by atoms with Crippen LogP contribution in [0.15, 0.2) is 12.4 Å². The van der Waals surface area contributed by atoms with Crippen molar-refractivity contribution in [3.05, 3.63) is 23.8 Å². The monoisotopic (exact) mass is 219 g/mol. The molecule has 1 saturated heterocycles. The van der Waals surface area contributed by atoms with Gasteiger partial charge in [-0.05, 0) is 31.7 Å². The number of rotatable bonds is 1. The van der Waals surface area contributed by atoms with Gasteiger partial charge in [-0.15, -0.1) is 0 Å². The van der Waals surface area contributed by atoms with E-state index < -0.39 is 0 Å². The Labute approximate surface area is 95.7 Å². The van der Waals surface area contributed by atoms with E-state index in [2.05, 4.69) is 16.9 Å². The normalized spacial score (nSPS) is 17.5. The Morgan fingerprint density at radius 2 is 2.06 bits per heavy atom. The maximum absolute atomic E-state index is 12.1. The van der Waals surface area contributed by atoms with Crippen molar-refractivity contribution in [3.63, 3.8) is 0 Å². The fourth-order valence-corrected chi connectivity index (χ4v) is 1.95. The van der Waals surface area contributed by atoms with Crippen LogP contribution in [0, 0.1) is 12.8 Å². The van der Waals surface area contributed by atoms with E-state index in [1.807, 2.05) is 11.8 Å². The highest BCUT2D eigenvalue weighted by Gasteiger charge is 2.22. The topological polar surface area (TPSA) is 46.1 Å². The van der Waals surface area contributed by atoms with E-state index in [1.54, 1.807) is 6.07 Å². The molecular formula is C12H17N3O. The second-order valence-corrected chi connectivity index (χ2v) is 4.52. The van der Waals surface area contributed by atoms with Crippen molar-refractivity contribution in [2.75, 3.05) is 13.1 Å². The van der Waals surface area contributed by atoms with E-state index >= 15 is 0 Å². The zero-order valence-electron chi connectivity index (χ0n) is 9.81. The Morgan fingerprint density at radius 3 is 2.69 bits per heavy atom. The van der Waals surface area contributed by atoms with Gasteiger partial charge in [-0.3, -0.25) is 4.79 Å². The first-order valence-corrected chi connectivity index (χ1v) is 5.74. The zero-order chi connectivity index (χ0) is 11.5. The van der Waals surface area contributed by atoms with Crippen LogP contribution in [-0.2, 0) is 0 Å². The number of piperidine rings is 1. The Morgan fingerprint density at radius 1 is 1.38 bits per heavy atom. The summed E-state index contributed by atoms with van der Waals surface area (Å²) in [6, 6.07) is 1.75. The van der Waals surface area contributed by atoms with E-state index in [1.165, 1.54) is 6.33 Å². The van der Waals surface area contributed by atoms with Gasteiger partial charge in [0.1, 0.15) is 12.0 Å². The molecule has 0 atom stereocenters. The smallest absolute Gasteiger partial charge is 0.272 e. The van der Waals surface area contributed by atoms with Crippen molar-refractivity contribution in [3.8, 4) is 0 Å². The molecule has 0 saturated carbocycles. The standard InChI is InChI=1S/C12H17N3O/c1-9-3-5-15(6-4-9)12(16)11-7-10(2)13-8-14-11/h7-9H,3-6H2,1-2H3. The van der Waals surface area contributed by atoms with Gasteiger partial charge in [0.15, 0.2) is 0 Å². The first-order valence-electron chi connectivity index (χ1n) is 5.74. The van der Waals surface area contributed by atoms with Crippen LogP contribution in [0.5, 0.6) is 0 Å². The lowest BCUT2D eigenvalue weighted by Crippen LogP contribution is -2.38. The first-order chi connectivity index (χ1) is 7.66. The number of aryl methyl sites for hydroxylation is 1. The lowest BCUT2D eigenvalue weighted by molar-refractivity contribution is 0.0691. The number of likely N-dealkylation sites (tertiary alicyclic amines) is 1. The van der Waals surface area contributed by atoms with Crippen LogP contribution in [0.1, 0.15) is 35.9 Å². The van der Waals surface area contributed by atoms with E-state index in [0.717, 1.165) is 37.5 Å². The van der Waals surface area contributed by atoms with Crippen molar-refractivity contribution in [1.29, 1.82) is 0 Å². The van der Waals surface area contributed by atoms with Crippen LogP contribution >= 0.6 is 0 Å². The van der Waals surface area contributed by atoms with E-state index in [-0.39, 0.29) is 5.91 Å². The van der Waals surface area contributed by atoms with Crippen LogP contribution in [-0.4, -0.2) is 33.9 Å². The molecule has 0 N–H and O–H groups in total. The van der Waals surface area contributed by atoms with Gasteiger partial charge in [0.25, 0.3) is 5.91 Å². The summed E-state index contributed by atoms with van der Waals surface area (Å²) in [5.74, 6) is 0.772. The highest BCUT2D eigenvalue weighted by Crippen LogP contribution is 2.17.